The smallest absolute Gasteiger partial charge is 0.240 e. The normalized spacial score (nSPS) is 30.4. The lowest BCUT2D eigenvalue weighted by Crippen LogP contribution is -2.39. The Morgan fingerprint density at radius 3 is 2.47 bits per heavy atom. The Bertz CT molecular complexity index is 351. The van der Waals surface area contributed by atoms with Crippen LogP contribution in [-0.4, -0.2) is 4.57 Å². The standard InChI is InChI=1S/C13H23N2/c1-12(2)6-5-7-13(3,10-12)15-9-8-14(4)11-15/h8-9,11H,5-7,10H2,1-4H3/q+1. The van der Waals surface area contributed by atoms with E-state index in [1.807, 2.05) is 0 Å². The van der Waals surface area contributed by atoms with Crippen LogP contribution >= 0.6 is 0 Å². The van der Waals surface area contributed by atoms with Crippen molar-refractivity contribution in [3.05, 3.63) is 18.7 Å². The van der Waals surface area contributed by atoms with Crippen molar-refractivity contribution in [3.8, 4) is 0 Å². The van der Waals surface area contributed by atoms with Crippen LogP contribution in [0.5, 0.6) is 0 Å². The molecule has 0 spiro atoms. The van der Waals surface area contributed by atoms with Crippen LogP contribution in [0.25, 0.3) is 0 Å². The maximum Gasteiger partial charge on any atom is 0.243 e. The van der Waals surface area contributed by atoms with E-state index in [9.17, 15) is 0 Å². The summed E-state index contributed by atoms with van der Waals surface area (Å²) in [6.45, 7) is 7.19. The van der Waals surface area contributed by atoms with Crippen molar-refractivity contribution in [3.63, 3.8) is 0 Å². The second kappa shape index (κ2) is 3.36. The molecule has 2 nitrogen and oxygen atoms in total. The van der Waals surface area contributed by atoms with E-state index in [4.69, 9.17) is 0 Å². The molecule has 0 aromatic carbocycles. The molecule has 1 unspecified atom stereocenters. The molecule has 1 aliphatic carbocycles. The molecule has 1 saturated carbocycles. The van der Waals surface area contributed by atoms with E-state index >= 15 is 0 Å². The predicted octanol–water partition coefficient (Wildman–Crippen LogP) is 2.63. The third-order valence-electron chi connectivity index (χ3n) is 3.82. The summed E-state index contributed by atoms with van der Waals surface area (Å²) >= 11 is 0. The topological polar surface area (TPSA) is 8.81 Å². The molecule has 1 aromatic heterocycles. The van der Waals surface area contributed by atoms with Crippen molar-refractivity contribution >= 4 is 0 Å². The summed E-state index contributed by atoms with van der Waals surface area (Å²) in [5.41, 5.74) is 0.818. The van der Waals surface area contributed by atoms with E-state index in [2.05, 4.69) is 55.7 Å². The molecular weight excluding hydrogens is 184 g/mol. The van der Waals surface area contributed by atoms with E-state index < -0.39 is 0 Å². The van der Waals surface area contributed by atoms with Crippen LogP contribution < -0.4 is 4.57 Å². The summed E-state index contributed by atoms with van der Waals surface area (Å²) in [5, 5.41) is 0. The Labute approximate surface area is 92.9 Å². The van der Waals surface area contributed by atoms with Gasteiger partial charge in [0.05, 0.1) is 7.05 Å². The minimum atomic E-state index is 0.322. The van der Waals surface area contributed by atoms with E-state index in [-0.39, 0.29) is 0 Å². The quantitative estimate of drug-likeness (QED) is 0.626. The molecule has 1 aliphatic rings. The molecule has 0 saturated heterocycles. The summed E-state index contributed by atoms with van der Waals surface area (Å²) in [7, 11) is 2.09. The number of imidazole rings is 1. The highest BCUT2D eigenvalue weighted by Gasteiger charge is 2.40. The third-order valence-corrected chi connectivity index (χ3v) is 3.82. The molecule has 1 atom stereocenters. The van der Waals surface area contributed by atoms with E-state index in [0.29, 0.717) is 11.0 Å². The van der Waals surface area contributed by atoms with Gasteiger partial charge in [-0.25, -0.2) is 9.13 Å². The van der Waals surface area contributed by atoms with Crippen molar-refractivity contribution in [2.24, 2.45) is 12.5 Å². The number of hydrogen-bond acceptors (Lipinski definition) is 0. The van der Waals surface area contributed by atoms with Gasteiger partial charge in [0, 0.05) is 0 Å². The largest absolute Gasteiger partial charge is 0.243 e. The van der Waals surface area contributed by atoms with Crippen molar-refractivity contribution in [1.82, 2.24) is 4.57 Å². The first kappa shape index (κ1) is 10.7. The van der Waals surface area contributed by atoms with Gasteiger partial charge in [-0.3, -0.25) is 0 Å². The Morgan fingerprint density at radius 2 is 1.93 bits per heavy atom. The molecule has 15 heavy (non-hydrogen) atoms. The average molecular weight is 207 g/mol. The van der Waals surface area contributed by atoms with Crippen molar-refractivity contribution in [2.45, 2.75) is 52.0 Å². The van der Waals surface area contributed by atoms with Gasteiger partial charge in [-0.15, -0.1) is 0 Å². The second-order valence-corrected chi connectivity index (χ2v) is 6.18. The molecule has 2 heteroatoms. The molecule has 1 aromatic rings. The fourth-order valence-electron chi connectivity index (χ4n) is 3.15. The SMILES string of the molecule is C[n+]1ccn(C2(C)CCCC(C)(C)C2)c1. The number of aryl methyl sites for hydroxylation is 1. The minimum Gasteiger partial charge on any atom is -0.240 e. The summed E-state index contributed by atoms with van der Waals surface area (Å²) in [6.07, 6.45) is 11.9. The monoisotopic (exact) mass is 207 g/mol. The molecule has 1 fully saturated rings. The summed E-state index contributed by atoms with van der Waals surface area (Å²) in [4.78, 5) is 0. The molecule has 0 N–H and O–H groups in total. The van der Waals surface area contributed by atoms with Crippen LogP contribution in [0, 0.1) is 5.41 Å². The molecule has 0 bridgehead atoms. The summed E-state index contributed by atoms with van der Waals surface area (Å²) in [6, 6.07) is 0. The van der Waals surface area contributed by atoms with Crippen LogP contribution in [0.15, 0.2) is 18.7 Å². The molecular formula is C13H23N2+. The first-order chi connectivity index (χ1) is 6.91. The van der Waals surface area contributed by atoms with Crippen LogP contribution in [0.2, 0.25) is 0 Å². The van der Waals surface area contributed by atoms with E-state index in [1.54, 1.807) is 0 Å². The average Bonchev–Trinajstić information content (AvgIpc) is 2.49. The van der Waals surface area contributed by atoms with Crippen LogP contribution in [0.1, 0.15) is 46.5 Å². The zero-order chi connectivity index (χ0) is 11.1. The van der Waals surface area contributed by atoms with Gasteiger partial charge in [0.25, 0.3) is 0 Å². The molecule has 84 valence electrons. The zero-order valence-corrected chi connectivity index (χ0v) is 10.5. The number of nitrogens with zero attached hydrogens (tertiary/aromatic N) is 2. The van der Waals surface area contributed by atoms with Crippen LogP contribution in [0.4, 0.5) is 0 Å². The highest BCUT2D eigenvalue weighted by molar-refractivity contribution is 4.93. The van der Waals surface area contributed by atoms with Gasteiger partial charge >= 0.3 is 0 Å². The maximum atomic E-state index is 2.40. The maximum absolute atomic E-state index is 2.40. The molecule has 1 heterocycles. The minimum absolute atomic E-state index is 0.322. The van der Waals surface area contributed by atoms with Crippen molar-refractivity contribution < 1.29 is 4.57 Å². The van der Waals surface area contributed by atoms with E-state index in [1.165, 1.54) is 25.7 Å². The Hall–Kier alpha value is -0.790. The van der Waals surface area contributed by atoms with Crippen LogP contribution in [-0.2, 0) is 12.6 Å². The zero-order valence-electron chi connectivity index (χ0n) is 10.5. The molecule has 0 amide bonds. The van der Waals surface area contributed by atoms with Crippen LogP contribution in [0.3, 0.4) is 0 Å². The van der Waals surface area contributed by atoms with Gasteiger partial charge in [-0.05, 0) is 38.0 Å². The van der Waals surface area contributed by atoms with Crippen molar-refractivity contribution in [2.75, 3.05) is 0 Å². The van der Waals surface area contributed by atoms with E-state index in [0.717, 1.165) is 0 Å². The van der Waals surface area contributed by atoms with Gasteiger partial charge in [0.15, 0.2) is 0 Å². The van der Waals surface area contributed by atoms with Crippen molar-refractivity contribution in [1.29, 1.82) is 0 Å². The second-order valence-electron chi connectivity index (χ2n) is 6.18. The lowest BCUT2D eigenvalue weighted by molar-refractivity contribution is -0.671. The summed E-state index contributed by atoms with van der Waals surface area (Å²) < 4.78 is 4.53. The first-order valence-electron chi connectivity index (χ1n) is 5.95. The van der Waals surface area contributed by atoms with Gasteiger partial charge < -0.3 is 0 Å². The highest BCUT2D eigenvalue weighted by Crippen LogP contribution is 2.44. The summed E-state index contributed by atoms with van der Waals surface area (Å²) in [5.74, 6) is 0. The van der Waals surface area contributed by atoms with Gasteiger partial charge in [-0.1, -0.05) is 13.8 Å². The molecule has 0 aliphatic heterocycles. The Morgan fingerprint density at radius 1 is 1.20 bits per heavy atom. The van der Waals surface area contributed by atoms with Gasteiger partial charge in [0.1, 0.15) is 17.9 Å². The van der Waals surface area contributed by atoms with Gasteiger partial charge in [-0.2, -0.15) is 0 Å². The third kappa shape index (κ3) is 2.09. The molecule has 0 radical (unpaired) electrons. The lowest BCUT2D eigenvalue weighted by atomic mass is 9.69. The fraction of sp³-hybridized carbons (Fsp3) is 0.769. The fourth-order valence-corrected chi connectivity index (χ4v) is 3.15. The highest BCUT2D eigenvalue weighted by atomic mass is 15.1. The number of hydrogen-bond donors (Lipinski definition) is 0. The predicted molar refractivity (Wildman–Crippen MR) is 61.5 cm³/mol. The lowest BCUT2D eigenvalue weighted by Gasteiger charge is -2.40. The Balaban J connectivity index is 2.26. The number of aromatic nitrogens is 2. The Kier molecular flexibility index (Phi) is 2.40. The van der Waals surface area contributed by atoms with Gasteiger partial charge in [0.2, 0.25) is 6.33 Å². The first-order valence-corrected chi connectivity index (χ1v) is 5.95. The molecule has 2 rings (SSSR count). The number of rotatable bonds is 1.